The molecule has 122 valence electrons. The third-order valence-electron chi connectivity index (χ3n) is 3.84. The average molecular weight is 322 g/mol. The van der Waals surface area contributed by atoms with E-state index in [0.29, 0.717) is 5.84 Å². The van der Waals surface area contributed by atoms with Crippen molar-refractivity contribution in [1.29, 1.82) is 0 Å². The van der Waals surface area contributed by atoms with E-state index in [1.54, 1.807) is 6.92 Å². The van der Waals surface area contributed by atoms with Crippen molar-refractivity contribution in [1.82, 2.24) is 5.32 Å². The molecule has 5 heteroatoms. The zero-order chi connectivity index (χ0) is 16.9. The van der Waals surface area contributed by atoms with E-state index in [1.165, 1.54) is 0 Å². The van der Waals surface area contributed by atoms with Gasteiger partial charge in [0.1, 0.15) is 5.84 Å². The zero-order valence-electron chi connectivity index (χ0n) is 13.3. The van der Waals surface area contributed by atoms with Crippen LogP contribution in [0.4, 0.5) is 0 Å². The van der Waals surface area contributed by atoms with Crippen molar-refractivity contribution in [3.8, 4) is 0 Å². The number of hydrogen-bond donors (Lipinski definition) is 1. The number of amides is 1. The molecule has 0 bridgehead atoms. The molecule has 3 rings (SSSR count). The van der Waals surface area contributed by atoms with E-state index in [9.17, 15) is 9.59 Å². The van der Waals surface area contributed by atoms with E-state index >= 15 is 0 Å². The van der Waals surface area contributed by atoms with Crippen LogP contribution in [-0.2, 0) is 14.3 Å². The minimum atomic E-state index is -0.986. The van der Waals surface area contributed by atoms with Gasteiger partial charge in [0, 0.05) is 5.56 Å². The third-order valence-corrected chi connectivity index (χ3v) is 3.84. The van der Waals surface area contributed by atoms with Gasteiger partial charge in [-0.1, -0.05) is 60.7 Å². The number of benzene rings is 2. The second-order valence-electron chi connectivity index (χ2n) is 5.42. The molecule has 5 nitrogen and oxygen atoms in total. The van der Waals surface area contributed by atoms with E-state index in [1.807, 2.05) is 60.7 Å². The van der Waals surface area contributed by atoms with Crippen molar-refractivity contribution in [3.63, 3.8) is 0 Å². The molecule has 0 saturated carbocycles. The van der Waals surface area contributed by atoms with Gasteiger partial charge < -0.3 is 10.1 Å². The van der Waals surface area contributed by atoms with Crippen LogP contribution in [-0.4, -0.2) is 24.3 Å². The number of hydrogen-bond acceptors (Lipinski definition) is 4. The number of amidine groups is 1. The van der Waals surface area contributed by atoms with Gasteiger partial charge in [0.2, 0.25) is 5.91 Å². The van der Waals surface area contributed by atoms with Crippen LogP contribution in [0.1, 0.15) is 24.1 Å². The van der Waals surface area contributed by atoms with Crippen molar-refractivity contribution in [2.75, 3.05) is 6.61 Å². The first-order valence-electron chi connectivity index (χ1n) is 7.86. The monoisotopic (exact) mass is 322 g/mol. The standard InChI is InChI=1S/C19H18N2O3/c1-2-24-19(23)15-16(13-9-5-3-6-10-13)20-17(21-18(15)22)14-11-7-4-8-12-14/h3-12,15-16H,2H2,1H3,(H,20,21,22)/t15-,16-/m1/s1. The molecule has 1 aliphatic heterocycles. The number of rotatable bonds is 4. The Bertz CT molecular complexity index is 757. The van der Waals surface area contributed by atoms with E-state index in [4.69, 9.17) is 4.74 Å². The molecular weight excluding hydrogens is 304 g/mol. The molecule has 1 heterocycles. The second kappa shape index (κ2) is 7.08. The van der Waals surface area contributed by atoms with Gasteiger partial charge in [0.05, 0.1) is 12.6 Å². The number of nitrogens with zero attached hydrogens (tertiary/aromatic N) is 1. The number of esters is 1. The summed E-state index contributed by atoms with van der Waals surface area (Å²) in [5, 5.41) is 2.73. The lowest BCUT2D eigenvalue weighted by atomic mass is 9.90. The van der Waals surface area contributed by atoms with Gasteiger partial charge in [0.25, 0.3) is 0 Å². The first-order chi connectivity index (χ1) is 11.7. The highest BCUT2D eigenvalue weighted by molar-refractivity contribution is 6.14. The number of ether oxygens (including phenoxy) is 1. The van der Waals surface area contributed by atoms with Crippen LogP contribution < -0.4 is 5.32 Å². The summed E-state index contributed by atoms with van der Waals surface area (Å²) >= 11 is 0. The summed E-state index contributed by atoms with van der Waals surface area (Å²) in [6.45, 7) is 1.94. The Labute approximate surface area is 140 Å². The summed E-state index contributed by atoms with van der Waals surface area (Å²) < 4.78 is 5.08. The van der Waals surface area contributed by atoms with Crippen molar-refractivity contribution in [2.45, 2.75) is 13.0 Å². The SMILES string of the molecule is CCOC(=O)[C@H]1C(=O)NC(c2ccccc2)=N[C@@H]1c1ccccc1. The van der Waals surface area contributed by atoms with Crippen LogP contribution in [0.15, 0.2) is 65.7 Å². The van der Waals surface area contributed by atoms with Crippen LogP contribution in [0.2, 0.25) is 0 Å². The highest BCUT2D eigenvalue weighted by Crippen LogP contribution is 2.31. The van der Waals surface area contributed by atoms with E-state index in [-0.39, 0.29) is 6.61 Å². The van der Waals surface area contributed by atoms with Gasteiger partial charge in [-0.15, -0.1) is 0 Å². The minimum Gasteiger partial charge on any atom is -0.465 e. The highest BCUT2D eigenvalue weighted by atomic mass is 16.5. The lowest BCUT2D eigenvalue weighted by Crippen LogP contribution is -2.47. The molecule has 24 heavy (non-hydrogen) atoms. The van der Waals surface area contributed by atoms with Crippen LogP contribution in [0.25, 0.3) is 0 Å². The highest BCUT2D eigenvalue weighted by Gasteiger charge is 2.41. The topological polar surface area (TPSA) is 67.8 Å². The molecule has 0 unspecified atom stereocenters. The zero-order valence-corrected chi connectivity index (χ0v) is 13.3. The van der Waals surface area contributed by atoms with E-state index < -0.39 is 23.8 Å². The summed E-state index contributed by atoms with van der Waals surface area (Å²) in [7, 11) is 0. The molecule has 0 saturated heterocycles. The largest absolute Gasteiger partial charge is 0.465 e. The van der Waals surface area contributed by atoms with Crippen LogP contribution in [0.5, 0.6) is 0 Å². The fraction of sp³-hybridized carbons (Fsp3) is 0.211. The van der Waals surface area contributed by atoms with Gasteiger partial charge >= 0.3 is 5.97 Å². The predicted molar refractivity (Wildman–Crippen MR) is 90.4 cm³/mol. The van der Waals surface area contributed by atoms with Crippen molar-refractivity contribution < 1.29 is 14.3 Å². The lowest BCUT2D eigenvalue weighted by Gasteiger charge is -2.28. The molecule has 0 spiro atoms. The van der Waals surface area contributed by atoms with Crippen LogP contribution in [0.3, 0.4) is 0 Å². The van der Waals surface area contributed by atoms with Gasteiger partial charge in [-0.25, -0.2) is 0 Å². The maximum absolute atomic E-state index is 12.6. The number of aliphatic imine (C=N–C) groups is 1. The Morgan fingerprint density at radius 2 is 1.71 bits per heavy atom. The Balaban J connectivity index is 2.04. The molecule has 1 aliphatic rings. The smallest absolute Gasteiger partial charge is 0.321 e. The number of carbonyl (C=O) groups is 2. The van der Waals surface area contributed by atoms with Crippen molar-refractivity contribution in [2.24, 2.45) is 10.9 Å². The van der Waals surface area contributed by atoms with E-state index in [0.717, 1.165) is 11.1 Å². The summed E-state index contributed by atoms with van der Waals surface area (Å²) in [4.78, 5) is 29.5. The lowest BCUT2D eigenvalue weighted by molar-refractivity contribution is -0.153. The summed E-state index contributed by atoms with van der Waals surface area (Å²) in [5.41, 5.74) is 1.60. The van der Waals surface area contributed by atoms with Crippen LogP contribution in [0, 0.1) is 5.92 Å². The predicted octanol–water partition coefficient (Wildman–Crippen LogP) is 2.48. The number of carbonyl (C=O) groups excluding carboxylic acids is 2. The first kappa shape index (κ1) is 15.9. The number of nitrogens with one attached hydrogen (secondary N) is 1. The second-order valence-corrected chi connectivity index (χ2v) is 5.42. The van der Waals surface area contributed by atoms with Gasteiger partial charge in [-0.2, -0.15) is 0 Å². The van der Waals surface area contributed by atoms with Crippen molar-refractivity contribution in [3.05, 3.63) is 71.8 Å². The fourth-order valence-corrected chi connectivity index (χ4v) is 2.71. The van der Waals surface area contributed by atoms with Crippen LogP contribution >= 0.6 is 0 Å². The van der Waals surface area contributed by atoms with E-state index in [2.05, 4.69) is 10.3 Å². The Morgan fingerprint density at radius 1 is 1.08 bits per heavy atom. The Hall–Kier alpha value is -2.95. The Morgan fingerprint density at radius 3 is 2.33 bits per heavy atom. The normalized spacial score (nSPS) is 20.0. The summed E-state index contributed by atoms with van der Waals surface area (Å²) in [6, 6.07) is 18.1. The maximum Gasteiger partial charge on any atom is 0.321 e. The molecule has 0 radical (unpaired) electrons. The van der Waals surface area contributed by atoms with Crippen molar-refractivity contribution >= 4 is 17.7 Å². The fourth-order valence-electron chi connectivity index (χ4n) is 2.71. The average Bonchev–Trinajstić information content (AvgIpc) is 2.62. The quantitative estimate of drug-likeness (QED) is 0.694. The third kappa shape index (κ3) is 3.20. The van der Waals surface area contributed by atoms with Gasteiger partial charge in [0.15, 0.2) is 5.92 Å². The van der Waals surface area contributed by atoms with Gasteiger partial charge in [-0.05, 0) is 12.5 Å². The molecule has 2 aromatic carbocycles. The molecule has 0 fully saturated rings. The molecule has 2 aromatic rings. The Kier molecular flexibility index (Phi) is 4.70. The summed E-state index contributed by atoms with van der Waals surface area (Å²) in [5.74, 6) is -1.47. The molecule has 0 aliphatic carbocycles. The minimum absolute atomic E-state index is 0.222. The molecule has 2 atom stereocenters. The van der Waals surface area contributed by atoms with Gasteiger partial charge in [-0.3, -0.25) is 14.6 Å². The molecular formula is C19H18N2O3. The summed E-state index contributed by atoms with van der Waals surface area (Å²) in [6.07, 6.45) is 0. The molecule has 1 amide bonds. The first-order valence-corrected chi connectivity index (χ1v) is 7.86. The molecule has 1 N–H and O–H groups in total. The maximum atomic E-state index is 12.6. The molecule has 0 aromatic heterocycles.